The van der Waals surface area contributed by atoms with Gasteiger partial charge in [0.2, 0.25) is 0 Å². The maximum Gasteiger partial charge on any atom is 0.322 e. The number of esters is 1. The van der Waals surface area contributed by atoms with Crippen LogP contribution in [-0.2, 0) is 9.53 Å². The summed E-state index contributed by atoms with van der Waals surface area (Å²) in [6.07, 6.45) is 11.3. The van der Waals surface area contributed by atoms with Crippen LogP contribution >= 0.6 is 0 Å². The van der Waals surface area contributed by atoms with Crippen molar-refractivity contribution in [3.8, 4) is 0 Å². The van der Waals surface area contributed by atoms with Crippen LogP contribution in [0, 0.1) is 0 Å². The van der Waals surface area contributed by atoms with E-state index in [2.05, 4.69) is 12.2 Å². The molecule has 3 heteroatoms. The van der Waals surface area contributed by atoms with Gasteiger partial charge in [0.1, 0.15) is 6.04 Å². The summed E-state index contributed by atoms with van der Waals surface area (Å²) in [7, 11) is 1.45. The summed E-state index contributed by atoms with van der Waals surface area (Å²) < 4.78 is 4.73. The van der Waals surface area contributed by atoms with Crippen LogP contribution in [0.3, 0.4) is 0 Å². The number of methoxy groups -OCH3 is 1. The van der Waals surface area contributed by atoms with Crippen molar-refractivity contribution in [2.75, 3.05) is 13.7 Å². The standard InChI is InChI=1S/C15H31NO2/c1-4-6-7-8-9-10-11-12-13-16-14(5-2)15(17)18-3/h14,16H,4-13H2,1-3H3. The lowest BCUT2D eigenvalue weighted by atomic mass is 10.1. The van der Waals surface area contributed by atoms with E-state index in [9.17, 15) is 4.79 Å². The van der Waals surface area contributed by atoms with Crippen molar-refractivity contribution in [1.82, 2.24) is 5.32 Å². The Morgan fingerprint density at radius 1 is 1.00 bits per heavy atom. The molecular formula is C15H31NO2. The van der Waals surface area contributed by atoms with Gasteiger partial charge in [-0.3, -0.25) is 4.79 Å². The number of carbonyl (C=O) groups excluding carboxylic acids is 1. The zero-order valence-corrected chi connectivity index (χ0v) is 12.5. The number of hydrogen-bond acceptors (Lipinski definition) is 3. The molecular weight excluding hydrogens is 226 g/mol. The molecule has 0 fully saturated rings. The zero-order chi connectivity index (χ0) is 13.6. The Bertz CT molecular complexity index is 195. The summed E-state index contributed by atoms with van der Waals surface area (Å²) in [5.74, 6) is -0.142. The first-order valence-corrected chi connectivity index (χ1v) is 7.57. The molecule has 3 nitrogen and oxygen atoms in total. The second-order valence-electron chi connectivity index (χ2n) is 4.91. The third kappa shape index (κ3) is 9.46. The molecule has 108 valence electrons. The van der Waals surface area contributed by atoms with Crippen molar-refractivity contribution in [1.29, 1.82) is 0 Å². The van der Waals surface area contributed by atoms with Crippen LogP contribution in [0.1, 0.15) is 71.6 Å². The van der Waals surface area contributed by atoms with Gasteiger partial charge in [-0.2, -0.15) is 0 Å². The molecule has 1 unspecified atom stereocenters. The Balaban J connectivity index is 3.31. The summed E-state index contributed by atoms with van der Waals surface area (Å²) >= 11 is 0. The minimum absolute atomic E-state index is 0.125. The average Bonchev–Trinajstić information content (AvgIpc) is 2.40. The molecule has 0 spiro atoms. The van der Waals surface area contributed by atoms with Gasteiger partial charge in [0.15, 0.2) is 0 Å². The Hall–Kier alpha value is -0.570. The third-order valence-corrected chi connectivity index (χ3v) is 3.32. The van der Waals surface area contributed by atoms with Gasteiger partial charge < -0.3 is 10.1 Å². The van der Waals surface area contributed by atoms with Crippen molar-refractivity contribution >= 4 is 5.97 Å². The molecule has 1 atom stereocenters. The highest BCUT2D eigenvalue weighted by molar-refractivity contribution is 5.75. The highest BCUT2D eigenvalue weighted by Crippen LogP contribution is 2.08. The fourth-order valence-corrected chi connectivity index (χ4v) is 2.07. The predicted octanol–water partition coefficient (Wildman–Crippen LogP) is 3.67. The van der Waals surface area contributed by atoms with Crippen molar-refractivity contribution in [2.24, 2.45) is 0 Å². The van der Waals surface area contributed by atoms with E-state index in [-0.39, 0.29) is 12.0 Å². The Morgan fingerprint density at radius 2 is 1.56 bits per heavy atom. The van der Waals surface area contributed by atoms with Crippen molar-refractivity contribution < 1.29 is 9.53 Å². The van der Waals surface area contributed by atoms with Crippen LogP contribution in [0.15, 0.2) is 0 Å². The average molecular weight is 257 g/mol. The molecule has 0 bridgehead atoms. The first kappa shape index (κ1) is 17.4. The van der Waals surface area contributed by atoms with Gasteiger partial charge in [-0.25, -0.2) is 0 Å². The molecule has 0 radical (unpaired) electrons. The summed E-state index contributed by atoms with van der Waals surface area (Å²) in [4.78, 5) is 11.3. The van der Waals surface area contributed by atoms with Crippen LogP contribution < -0.4 is 5.32 Å². The fraction of sp³-hybridized carbons (Fsp3) is 0.933. The molecule has 0 aromatic heterocycles. The molecule has 0 heterocycles. The lowest BCUT2D eigenvalue weighted by Crippen LogP contribution is -2.37. The van der Waals surface area contributed by atoms with E-state index in [1.165, 1.54) is 52.1 Å². The lowest BCUT2D eigenvalue weighted by molar-refractivity contribution is -0.143. The van der Waals surface area contributed by atoms with E-state index >= 15 is 0 Å². The van der Waals surface area contributed by atoms with E-state index in [1.54, 1.807) is 0 Å². The summed E-state index contributed by atoms with van der Waals surface area (Å²) in [5.41, 5.74) is 0. The number of nitrogens with one attached hydrogen (secondary N) is 1. The molecule has 0 saturated carbocycles. The van der Waals surface area contributed by atoms with E-state index < -0.39 is 0 Å². The van der Waals surface area contributed by atoms with E-state index in [1.807, 2.05) is 6.92 Å². The number of hydrogen-bond donors (Lipinski definition) is 1. The maximum absolute atomic E-state index is 11.3. The molecule has 0 aliphatic carbocycles. The molecule has 1 N–H and O–H groups in total. The van der Waals surface area contributed by atoms with Gasteiger partial charge in [0.05, 0.1) is 7.11 Å². The molecule has 0 aliphatic heterocycles. The molecule has 0 rings (SSSR count). The summed E-state index contributed by atoms with van der Waals surface area (Å²) in [6, 6.07) is -0.125. The minimum atomic E-state index is -0.142. The zero-order valence-electron chi connectivity index (χ0n) is 12.5. The second kappa shape index (κ2) is 12.9. The van der Waals surface area contributed by atoms with E-state index in [0.717, 1.165) is 19.4 Å². The monoisotopic (exact) mass is 257 g/mol. The minimum Gasteiger partial charge on any atom is -0.468 e. The Kier molecular flexibility index (Phi) is 12.5. The highest BCUT2D eigenvalue weighted by atomic mass is 16.5. The predicted molar refractivity (Wildman–Crippen MR) is 76.7 cm³/mol. The van der Waals surface area contributed by atoms with Crippen LogP contribution in [0.2, 0.25) is 0 Å². The molecule has 0 aromatic carbocycles. The number of ether oxygens (including phenoxy) is 1. The first-order valence-electron chi connectivity index (χ1n) is 7.57. The summed E-state index contributed by atoms with van der Waals surface area (Å²) in [5, 5.41) is 3.26. The third-order valence-electron chi connectivity index (χ3n) is 3.32. The second-order valence-corrected chi connectivity index (χ2v) is 4.91. The normalized spacial score (nSPS) is 12.4. The molecule has 0 aromatic rings. The lowest BCUT2D eigenvalue weighted by Gasteiger charge is -2.14. The first-order chi connectivity index (χ1) is 8.76. The van der Waals surface area contributed by atoms with Crippen molar-refractivity contribution in [3.05, 3.63) is 0 Å². The van der Waals surface area contributed by atoms with E-state index in [4.69, 9.17) is 4.74 Å². The van der Waals surface area contributed by atoms with Gasteiger partial charge in [0, 0.05) is 0 Å². The fourth-order valence-electron chi connectivity index (χ4n) is 2.07. The summed E-state index contributed by atoms with van der Waals surface area (Å²) in [6.45, 7) is 5.17. The molecule has 0 aliphatic rings. The SMILES string of the molecule is CCCCCCCCCCNC(CC)C(=O)OC. The van der Waals surface area contributed by atoms with Gasteiger partial charge in [-0.15, -0.1) is 0 Å². The number of unbranched alkanes of at least 4 members (excludes halogenated alkanes) is 7. The van der Waals surface area contributed by atoms with Crippen LogP contribution in [0.25, 0.3) is 0 Å². The van der Waals surface area contributed by atoms with Crippen LogP contribution in [-0.4, -0.2) is 25.7 Å². The number of carbonyl (C=O) groups is 1. The van der Waals surface area contributed by atoms with Crippen LogP contribution in [0.5, 0.6) is 0 Å². The van der Waals surface area contributed by atoms with Gasteiger partial charge in [-0.05, 0) is 19.4 Å². The Labute approximate surface area is 113 Å². The largest absolute Gasteiger partial charge is 0.468 e. The van der Waals surface area contributed by atoms with Gasteiger partial charge in [-0.1, -0.05) is 58.8 Å². The maximum atomic E-state index is 11.3. The van der Waals surface area contributed by atoms with Gasteiger partial charge >= 0.3 is 5.97 Å². The highest BCUT2D eigenvalue weighted by Gasteiger charge is 2.14. The molecule has 18 heavy (non-hydrogen) atoms. The smallest absolute Gasteiger partial charge is 0.322 e. The topological polar surface area (TPSA) is 38.3 Å². The quantitative estimate of drug-likeness (QED) is 0.428. The molecule has 0 saturated heterocycles. The number of rotatable bonds is 12. The van der Waals surface area contributed by atoms with Gasteiger partial charge in [0.25, 0.3) is 0 Å². The molecule has 0 amide bonds. The Morgan fingerprint density at radius 3 is 2.06 bits per heavy atom. The van der Waals surface area contributed by atoms with Crippen LogP contribution in [0.4, 0.5) is 0 Å². The van der Waals surface area contributed by atoms with Crippen molar-refractivity contribution in [2.45, 2.75) is 77.7 Å². The van der Waals surface area contributed by atoms with Crippen molar-refractivity contribution in [3.63, 3.8) is 0 Å². The van der Waals surface area contributed by atoms with E-state index in [0.29, 0.717) is 0 Å².